The van der Waals surface area contributed by atoms with Crippen LogP contribution in [0.3, 0.4) is 0 Å². The number of nitriles is 1. The number of benzene rings is 6. The van der Waals surface area contributed by atoms with Gasteiger partial charge >= 0.3 is 0 Å². The van der Waals surface area contributed by atoms with E-state index in [9.17, 15) is 5.26 Å². The Hall–Kier alpha value is -6.67. The van der Waals surface area contributed by atoms with E-state index in [4.69, 9.17) is 4.98 Å². The van der Waals surface area contributed by atoms with Crippen molar-refractivity contribution in [1.82, 2.24) is 9.97 Å². The van der Waals surface area contributed by atoms with Crippen molar-refractivity contribution in [2.75, 3.05) is 0 Å². The first kappa shape index (κ1) is 30.4. The van der Waals surface area contributed by atoms with Crippen molar-refractivity contribution in [3.05, 3.63) is 182 Å². The summed E-state index contributed by atoms with van der Waals surface area (Å²) in [7, 11) is 0. The number of thiophene rings is 1. The second-order valence-electron chi connectivity index (χ2n) is 12.6. The molecule has 3 heterocycles. The van der Waals surface area contributed by atoms with Crippen LogP contribution in [-0.2, 0) is 0 Å². The molecule has 0 aliphatic carbocycles. The lowest BCUT2D eigenvalue weighted by Crippen LogP contribution is -1.93. The molecule has 0 N–H and O–H groups in total. The van der Waals surface area contributed by atoms with Crippen molar-refractivity contribution in [1.29, 1.82) is 5.26 Å². The van der Waals surface area contributed by atoms with E-state index in [0.29, 0.717) is 5.56 Å². The zero-order chi connectivity index (χ0) is 34.1. The Kier molecular flexibility index (Phi) is 7.74. The highest BCUT2D eigenvalue weighted by atomic mass is 32.1. The quantitative estimate of drug-likeness (QED) is 0.177. The molecule has 6 aromatic carbocycles. The lowest BCUT2D eigenvalue weighted by molar-refractivity contribution is 1.31. The summed E-state index contributed by atoms with van der Waals surface area (Å²) >= 11 is 1.73. The van der Waals surface area contributed by atoms with Crippen LogP contribution in [0.25, 0.3) is 87.2 Å². The molecule has 3 nitrogen and oxygen atoms in total. The van der Waals surface area contributed by atoms with E-state index >= 15 is 0 Å². The van der Waals surface area contributed by atoms with Gasteiger partial charge in [-0.3, -0.25) is 4.98 Å². The maximum Gasteiger partial charge on any atom is 0.0992 e. The Morgan fingerprint density at radius 2 is 0.941 bits per heavy atom. The van der Waals surface area contributed by atoms with Crippen LogP contribution < -0.4 is 0 Å². The molecule has 0 aliphatic rings. The highest BCUT2D eigenvalue weighted by Crippen LogP contribution is 2.40. The standard InChI is InChI=1S/C47H29N3S/c48-29-31-13-19-42-43-20-18-36(28-47(43)51-46(42)22-31)38-23-39(37-12-7-21-49-30-37)25-41(24-38)45-27-40(26-44(50-45)35-10-5-2-6-11-35)34-16-14-33(15-17-34)32-8-3-1-4-9-32/h1-28,30H. The minimum Gasteiger partial charge on any atom is -0.264 e. The first-order valence-corrected chi connectivity index (χ1v) is 17.7. The molecule has 0 radical (unpaired) electrons. The van der Waals surface area contributed by atoms with Gasteiger partial charge in [0.2, 0.25) is 0 Å². The average molecular weight is 668 g/mol. The molecule has 0 unspecified atom stereocenters. The molecule has 0 spiro atoms. The van der Waals surface area contributed by atoms with E-state index in [1.165, 1.54) is 26.6 Å². The second-order valence-corrected chi connectivity index (χ2v) is 13.7. The summed E-state index contributed by atoms with van der Waals surface area (Å²) < 4.78 is 2.31. The van der Waals surface area contributed by atoms with Crippen LogP contribution >= 0.6 is 11.3 Å². The Balaban J connectivity index is 1.21. The first-order valence-electron chi connectivity index (χ1n) is 16.8. The summed E-state index contributed by atoms with van der Waals surface area (Å²) in [4.78, 5) is 9.73. The van der Waals surface area contributed by atoms with Crippen LogP contribution in [0.4, 0.5) is 0 Å². The van der Waals surface area contributed by atoms with E-state index in [2.05, 4.69) is 145 Å². The molecule has 0 saturated carbocycles. The molecule has 0 amide bonds. The van der Waals surface area contributed by atoms with Crippen LogP contribution in [0.1, 0.15) is 5.56 Å². The maximum absolute atomic E-state index is 9.47. The molecule has 51 heavy (non-hydrogen) atoms. The second kappa shape index (κ2) is 13.0. The lowest BCUT2D eigenvalue weighted by atomic mass is 9.93. The van der Waals surface area contributed by atoms with Gasteiger partial charge in [-0.25, -0.2) is 4.98 Å². The minimum absolute atomic E-state index is 0.680. The molecule has 0 saturated heterocycles. The van der Waals surface area contributed by atoms with Crippen LogP contribution in [0.5, 0.6) is 0 Å². The van der Waals surface area contributed by atoms with E-state index in [0.717, 1.165) is 60.6 Å². The molecule has 0 fully saturated rings. The molecular formula is C47H29N3S. The molecule has 9 aromatic rings. The van der Waals surface area contributed by atoms with Crippen LogP contribution in [-0.4, -0.2) is 9.97 Å². The number of fused-ring (bicyclic) bond motifs is 3. The maximum atomic E-state index is 9.47. The largest absolute Gasteiger partial charge is 0.264 e. The van der Waals surface area contributed by atoms with Crippen LogP contribution in [0.15, 0.2) is 176 Å². The van der Waals surface area contributed by atoms with Crippen molar-refractivity contribution in [3.63, 3.8) is 0 Å². The van der Waals surface area contributed by atoms with Gasteiger partial charge in [-0.1, -0.05) is 109 Å². The molecule has 4 heteroatoms. The van der Waals surface area contributed by atoms with Gasteiger partial charge in [0, 0.05) is 49.3 Å². The van der Waals surface area contributed by atoms with Crippen molar-refractivity contribution >= 4 is 31.5 Å². The van der Waals surface area contributed by atoms with E-state index in [-0.39, 0.29) is 0 Å². The summed E-state index contributed by atoms with van der Waals surface area (Å²) in [6, 6.07) is 59.8. The predicted molar refractivity (Wildman–Crippen MR) is 212 cm³/mol. The van der Waals surface area contributed by atoms with Gasteiger partial charge in [0.15, 0.2) is 0 Å². The molecule has 3 aromatic heterocycles. The zero-order valence-corrected chi connectivity index (χ0v) is 28.3. The number of pyridine rings is 2. The van der Waals surface area contributed by atoms with Crippen molar-refractivity contribution in [2.24, 2.45) is 0 Å². The fourth-order valence-electron chi connectivity index (χ4n) is 6.76. The average Bonchev–Trinajstić information content (AvgIpc) is 3.58. The third-order valence-electron chi connectivity index (χ3n) is 9.38. The van der Waals surface area contributed by atoms with Gasteiger partial charge in [-0.15, -0.1) is 11.3 Å². The number of rotatable bonds is 6. The van der Waals surface area contributed by atoms with E-state index in [1.807, 2.05) is 42.7 Å². The smallest absolute Gasteiger partial charge is 0.0992 e. The monoisotopic (exact) mass is 667 g/mol. The lowest BCUT2D eigenvalue weighted by Gasteiger charge is -2.14. The summed E-state index contributed by atoms with van der Waals surface area (Å²) in [5.74, 6) is 0. The van der Waals surface area contributed by atoms with E-state index < -0.39 is 0 Å². The van der Waals surface area contributed by atoms with Crippen LogP contribution in [0, 0.1) is 11.3 Å². The third-order valence-corrected chi connectivity index (χ3v) is 10.5. The number of hydrogen-bond acceptors (Lipinski definition) is 4. The normalized spacial score (nSPS) is 11.1. The van der Waals surface area contributed by atoms with E-state index in [1.54, 1.807) is 11.3 Å². The fraction of sp³-hybridized carbons (Fsp3) is 0. The molecule has 0 atom stereocenters. The SMILES string of the molecule is N#Cc1ccc2c(c1)sc1cc(-c3cc(-c4cccnc4)cc(-c4cc(-c5ccc(-c6ccccc6)cc5)cc(-c5ccccc5)n4)c3)ccc12. The van der Waals surface area contributed by atoms with Crippen LogP contribution in [0.2, 0.25) is 0 Å². The molecule has 238 valence electrons. The number of nitrogens with zero attached hydrogens (tertiary/aromatic N) is 3. The molecule has 9 rings (SSSR count). The Morgan fingerprint density at radius 1 is 0.412 bits per heavy atom. The van der Waals surface area contributed by atoms with Crippen molar-refractivity contribution in [3.8, 4) is 73.1 Å². The minimum atomic E-state index is 0.680. The van der Waals surface area contributed by atoms with Gasteiger partial charge in [0.25, 0.3) is 0 Å². The first-order chi connectivity index (χ1) is 25.2. The molecule has 0 aliphatic heterocycles. The number of hydrogen-bond donors (Lipinski definition) is 0. The van der Waals surface area contributed by atoms with Crippen molar-refractivity contribution in [2.45, 2.75) is 0 Å². The highest BCUT2D eigenvalue weighted by Gasteiger charge is 2.14. The number of aromatic nitrogens is 2. The molecular weight excluding hydrogens is 639 g/mol. The third kappa shape index (κ3) is 5.97. The van der Waals surface area contributed by atoms with Gasteiger partial charge < -0.3 is 0 Å². The van der Waals surface area contributed by atoms with Gasteiger partial charge in [-0.2, -0.15) is 5.26 Å². The zero-order valence-electron chi connectivity index (χ0n) is 27.5. The van der Waals surface area contributed by atoms with Gasteiger partial charge in [-0.05, 0) is 93.5 Å². The summed E-state index contributed by atoms with van der Waals surface area (Å²) in [6.45, 7) is 0. The van der Waals surface area contributed by atoms with Gasteiger partial charge in [0.05, 0.1) is 23.0 Å². The summed E-state index contributed by atoms with van der Waals surface area (Å²) in [5, 5.41) is 11.8. The Morgan fingerprint density at radius 3 is 1.63 bits per heavy atom. The summed E-state index contributed by atoms with van der Waals surface area (Å²) in [5.41, 5.74) is 13.6. The van der Waals surface area contributed by atoms with Gasteiger partial charge in [0.1, 0.15) is 0 Å². The molecule has 0 bridgehead atoms. The topological polar surface area (TPSA) is 49.6 Å². The predicted octanol–water partition coefficient (Wildman–Crippen LogP) is 12.7. The Bertz CT molecular complexity index is 2730. The fourth-order valence-corrected chi connectivity index (χ4v) is 7.94. The Labute approximate surface area is 300 Å². The summed E-state index contributed by atoms with van der Waals surface area (Å²) in [6.07, 6.45) is 3.72. The van der Waals surface area contributed by atoms with Crippen molar-refractivity contribution < 1.29 is 0 Å². The highest BCUT2D eigenvalue weighted by molar-refractivity contribution is 7.25.